The third kappa shape index (κ3) is 3.31. The highest BCUT2D eigenvalue weighted by molar-refractivity contribution is 6.08. The van der Waals surface area contributed by atoms with Crippen LogP contribution in [0.5, 0.6) is 5.75 Å². The smallest absolute Gasteiger partial charge is 0.322 e. The van der Waals surface area contributed by atoms with Crippen molar-refractivity contribution >= 4 is 28.9 Å². The van der Waals surface area contributed by atoms with Crippen LogP contribution in [0.2, 0.25) is 0 Å². The molecule has 1 saturated heterocycles. The number of methoxy groups -OCH3 is 1. The molecule has 180 valence electrons. The van der Waals surface area contributed by atoms with E-state index in [4.69, 9.17) is 9.72 Å². The monoisotopic (exact) mass is 481 g/mol. The second-order valence-electron chi connectivity index (χ2n) is 9.11. The van der Waals surface area contributed by atoms with E-state index in [-0.39, 0.29) is 12.5 Å². The average Bonchev–Trinajstić information content (AvgIpc) is 3.51. The van der Waals surface area contributed by atoms with E-state index in [1.54, 1.807) is 36.3 Å². The number of hydrogen-bond acceptors (Lipinski definition) is 5. The molecule has 2 aliphatic rings. The van der Waals surface area contributed by atoms with Crippen LogP contribution in [0.1, 0.15) is 21.5 Å². The highest BCUT2D eigenvalue weighted by atomic mass is 16.5. The van der Waals surface area contributed by atoms with Crippen molar-refractivity contribution in [3.63, 3.8) is 0 Å². The topological polar surface area (TPSA) is 106 Å². The fourth-order valence-electron chi connectivity index (χ4n) is 5.00. The number of hydrogen-bond donors (Lipinski definition) is 2. The molecular weight excluding hydrogens is 458 g/mol. The van der Waals surface area contributed by atoms with E-state index < -0.39 is 17.5 Å². The Labute approximate surface area is 206 Å². The molecule has 2 aromatic heterocycles. The predicted octanol–water partition coefficient (Wildman–Crippen LogP) is 2.94. The molecule has 9 heteroatoms. The second-order valence-corrected chi connectivity index (χ2v) is 9.11. The maximum absolute atomic E-state index is 13.2. The molecule has 9 nitrogen and oxygen atoms in total. The Morgan fingerprint density at radius 2 is 1.83 bits per heavy atom. The molecule has 0 bridgehead atoms. The van der Waals surface area contributed by atoms with Gasteiger partial charge in [-0.3, -0.25) is 14.9 Å². The summed E-state index contributed by atoms with van der Waals surface area (Å²) in [6, 6.07) is 18.1. The summed E-state index contributed by atoms with van der Waals surface area (Å²) < 4.78 is 7.21. The fraction of sp³-hybridized carbons (Fsp3) is 0.185. The van der Waals surface area contributed by atoms with Gasteiger partial charge in [0.15, 0.2) is 5.54 Å². The highest BCUT2D eigenvalue weighted by Crippen LogP contribution is 2.33. The minimum absolute atomic E-state index is 0.00664. The first-order valence-corrected chi connectivity index (χ1v) is 11.5. The summed E-state index contributed by atoms with van der Waals surface area (Å²) in [5, 5.41) is 6.17. The molecule has 1 atom stereocenters. The molecule has 2 N–H and O–H groups in total. The number of aryl methyl sites for hydroxylation is 1. The maximum Gasteiger partial charge on any atom is 0.322 e. The van der Waals surface area contributed by atoms with Crippen molar-refractivity contribution in [1.29, 1.82) is 0 Å². The Morgan fingerprint density at radius 3 is 2.56 bits per heavy atom. The quantitative estimate of drug-likeness (QED) is 0.427. The Kier molecular flexibility index (Phi) is 4.82. The minimum Gasteiger partial charge on any atom is -0.497 e. The van der Waals surface area contributed by atoms with Crippen LogP contribution in [0.25, 0.3) is 22.3 Å². The lowest BCUT2D eigenvalue weighted by molar-refractivity contribution is -0.124. The van der Waals surface area contributed by atoms with E-state index in [2.05, 4.69) is 10.6 Å². The average molecular weight is 482 g/mol. The molecule has 2 aliphatic heterocycles. The van der Waals surface area contributed by atoms with Crippen molar-refractivity contribution in [2.24, 2.45) is 7.05 Å². The first-order chi connectivity index (χ1) is 17.4. The number of ether oxygens (including phenoxy) is 1. The predicted molar refractivity (Wildman–Crippen MR) is 132 cm³/mol. The molecule has 4 heterocycles. The number of imide groups is 1. The molecule has 0 unspecified atom stereocenters. The molecule has 0 radical (unpaired) electrons. The number of pyridine rings is 1. The van der Waals surface area contributed by atoms with E-state index >= 15 is 0 Å². The van der Waals surface area contributed by atoms with Gasteiger partial charge in [-0.25, -0.2) is 9.78 Å². The standard InChI is InChI=1S/C27H23N5O4/c1-31-12-11-17-6-10-22(28-23(17)31)16-3-7-19(8-4-16)27(25(34)29-26(35)30-27)15-32-14-18-5-9-20(36-2)13-21(18)24(32)33/h3-13H,14-15H2,1-2H3,(H2,29,30,34,35)/t27-/m1/s1. The number of nitrogens with zero attached hydrogens (tertiary/aromatic N) is 3. The van der Waals surface area contributed by atoms with Gasteiger partial charge in [0, 0.05) is 36.3 Å². The van der Waals surface area contributed by atoms with Crippen molar-refractivity contribution in [2.45, 2.75) is 12.1 Å². The first kappa shape index (κ1) is 21.8. The number of carbonyl (C=O) groups is 3. The van der Waals surface area contributed by atoms with Crippen molar-refractivity contribution < 1.29 is 19.1 Å². The van der Waals surface area contributed by atoms with Crippen LogP contribution >= 0.6 is 0 Å². The number of amides is 4. The Hall–Kier alpha value is -4.66. The fourth-order valence-corrected chi connectivity index (χ4v) is 5.00. The summed E-state index contributed by atoms with van der Waals surface area (Å²) in [6.07, 6.45) is 1.96. The SMILES string of the molecule is COc1ccc2c(c1)C(=O)N(C[C@]1(c3ccc(-c4ccc5ccn(C)c5n4)cc3)NC(=O)NC1=O)C2. The Bertz CT molecular complexity index is 1560. The first-order valence-electron chi connectivity index (χ1n) is 11.5. The zero-order valence-electron chi connectivity index (χ0n) is 19.7. The number of rotatable bonds is 5. The van der Waals surface area contributed by atoms with E-state index in [1.165, 1.54) is 0 Å². The molecule has 0 aliphatic carbocycles. The number of aromatic nitrogens is 2. The van der Waals surface area contributed by atoms with E-state index in [0.717, 1.165) is 27.9 Å². The lowest BCUT2D eigenvalue weighted by atomic mass is 9.88. The summed E-state index contributed by atoms with van der Waals surface area (Å²) in [5.74, 6) is -0.123. The van der Waals surface area contributed by atoms with Crippen LogP contribution in [0.15, 0.2) is 66.9 Å². The molecule has 0 saturated carbocycles. The summed E-state index contributed by atoms with van der Waals surface area (Å²) in [7, 11) is 3.49. The Balaban J connectivity index is 1.33. The van der Waals surface area contributed by atoms with Gasteiger partial charge in [0.2, 0.25) is 0 Å². The molecule has 6 rings (SSSR count). The summed E-state index contributed by atoms with van der Waals surface area (Å²) >= 11 is 0. The van der Waals surface area contributed by atoms with Crippen molar-refractivity contribution in [2.75, 3.05) is 13.7 Å². The van der Waals surface area contributed by atoms with Gasteiger partial charge in [-0.1, -0.05) is 30.3 Å². The van der Waals surface area contributed by atoms with E-state index in [9.17, 15) is 14.4 Å². The summed E-state index contributed by atoms with van der Waals surface area (Å²) in [6.45, 7) is 0.328. The van der Waals surface area contributed by atoms with Crippen LogP contribution in [-0.4, -0.2) is 46.0 Å². The van der Waals surface area contributed by atoms with Gasteiger partial charge in [-0.05, 0) is 41.5 Å². The van der Waals surface area contributed by atoms with Crippen molar-refractivity contribution in [1.82, 2.24) is 25.1 Å². The van der Waals surface area contributed by atoms with Crippen LogP contribution in [0.3, 0.4) is 0 Å². The summed E-state index contributed by atoms with van der Waals surface area (Å²) in [5.41, 5.74) is 3.09. The number of benzene rings is 2. The zero-order chi connectivity index (χ0) is 25.0. The molecule has 2 aromatic carbocycles. The Morgan fingerprint density at radius 1 is 1.03 bits per heavy atom. The van der Waals surface area contributed by atoms with Gasteiger partial charge in [0.05, 0.1) is 19.3 Å². The minimum atomic E-state index is -1.41. The van der Waals surface area contributed by atoms with E-state index in [1.807, 2.05) is 54.2 Å². The number of carbonyl (C=O) groups excluding carboxylic acids is 3. The van der Waals surface area contributed by atoms with Crippen LogP contribution in [-0.2, 0) is 23.9 Å². The van der Waals surface area contributed by atoms with Gasteiger partial charge in [0.25, 0.3) is 11.8 Å². The molecule has 1 fully saturated rings. The molecule has 0 spiro atoms. The molecule has 4 aromatic rings. The van der Waals surface area contributed by atoms with Gasteiger partial charge < -0.3 is 19.5 Å². The van der Waals surface area contributed by atoms with Gasteiger partial charge in [-0.2, -0.15) is 0 Å². The maximum atomic E-state index is 13.2. The van der Waals surface area contributed by atoms with Gasteiger partial charge in [0.1, 0.15) is 11.4 Å². The summed E-state index contributed by atoms with van der Waals surface area (Å²) in [4.78, 5) is 44.9. The van der Waals surface area contributed by atoms with Crippen molar-refractivity contribution in [3.8, 4) is 17.0 Å². The van der Waals surface area contributed by atoms with Crippen LogP contribution in [0.4, 0.5) is 4.79 Å². The lowest BCUT2D eigenvalue weighted by Gasteiger charge is -2.31. The molecule has 36 heavy (non-hydrogen) atoms. The second kappa shape index (κ2) is 7.94. The third-order valence-electron chi connectivity index (χ3n) is 6.96. The largest absolute Gasteiger partial charge is 0.497 e. The third-order valence-corrected chi connectivity index (χ3v) is 6.96. The normalized spacial score (nSPS) is 18.9. The number of urea groups is 1. The molecular formula is C27H23N5O4. The zero-order valence-corrected chi connectivity index (χ0v) is 19.7. The number of fused-ring (bicyclic) bond motifs is 2. The van der Waals surface area contributed by atoms with Crippen LogP contribution in [0, 0.1) is 0 Å². The van der Waals surface area contributed by atoms with Gasteiger partial charge >= 0.3 is 6.03 Å². The van der Waals surface area contributed by atoms with Gasteiger partial charge in [-0.15, -0.1) is 0 Å². The highest BCUT2D eigenvalue weighted by Gasteiger charge is 2.50. The number of nitrogens with one attached hydrogen (secondary N) is 2. The van der Waals surface area contributed by atoms with Crippen molar-refractivity contribution in [3.05, 3.63) is 83.6 Å². The van der Waals surface area contributed by atoms with E-state index in [0.29, 0.717) is 23.4 Å². The lowest BCUT2D eigenvalue weighted by Crippen LogP contribution is -2.52. The molecule has 4 amide bonds. The van der Waals surface area contributed by atoms with Crippen LogP contribution < -0.4 is 15.4 Å².